The Kier molecular flexibility index (Phi) is 4.36. The summed E-state index contributed by atoms with van der Waals surface area (Å²) in [5.74, 6) is -0.167. The average molecular weight is 276 g/mol. The number of carbonyl (C=O) groups excluding carboxylic acids is 1. The molecule has 1 heterocycles. The number of nitrogens with zero attached hydrogens (tertiary/aromatic N) is 1. The van der Waals surface area contributed by atoms with Crippen molar-refractivity contribution in [1.29, 1.82) is 0 Å². The topological polar surface area (TPSA) is 68.0 Å². The van der Waals surface area contributed by atoms with Gasteiger partial charge in [0, 0.05) is 30.4 Å². The zero-order chi connectivity index (χ0) is 13.7. The van der Waals surface area contributed by atoms with Crippen molar-refractivity contribution in [2.45, 2.75) is 6.42 Å². The monoisotopic (exact) mass is 275 g/mol. The van der Waals surface area contributed by atoms with Gasteiger partial charge < -0.3 is 11.1 Å². The summed E-state index contributed by atoms with van der Waals surface area (Å²) < 4.78 is 0. The maximum atomic E-state index is 11.9. The van der Waals surface area contributed by atoms with Crippen LogP contribution in [0.2, 0.25) is 5.02 Å². The molecule has 0 aliphatic carbocycles. The third-order valence-corrected chi connectivity index (χ3v) is 3.00. The molecular weight excluding hydrogens is 262 g/mol. The molecule has 0 unspecified atom stereocenters. The molecule has 0 fully saturated rings. The molecule has 4 nitrogen and oxygen atoms in total. The molecule has 1 aromatic carbocycles. The molecular formula is C14H14ClN3O. The zero-order valence-corrected chi connectivity index (χ0v) is 11.0. The lowest BCUT2D eigenvalue weighted by Gasteiger charge is -2.06. The van der Waals surface area contributed by atoms with E-state index in [0.717, 1.165) is 5.69 Å². The second-order valence-electron chi connectivity index (χ2n) is 4.06. The van der Waals surface area contributed by atoms with Gasteiger partial charge in [-0.1, -0.05) is 17.7 Å². The molecule has 3 N–H and O–H groups in total. The summed E-state index contributed by atoms with van der Waals surface area (Å²) in [4.78, 5) is 16.1. The highest BCUT2D eigenvalue weighted by Crippen LogP contribution is 2.19. The molecule has 1 amide bonds. The van der Waals surface area contributed by atoms with Gasteiger partial charge >= 0.3 is 0 Å². The van der Waals surface area contributed by atoms with Crippen LogP contribution in [0.1, 0.15) is 16.1 Å². The Labute approximate surface area is 116 Å². The molecule has 19 heavy (non-hydrogen) atoms. The van der Waals surface area contributed by atoms with E-state index in [9.17, 15) is 4.79 Å². The SMILES string of the molecule is Nc1cc(C(=O)NCCc2ccccn2)ccc1Cl. The Balaban J connectivity index is 1.89. The van der Waals surface area contributed by atoms with Crippen LogP contribution in [0.3, 0.4) is 0 Å². The first kappa shape index (κ1) is 13.4. The number of hydrogen-bond acceptors (Lipinski definition) is 3. The molecule has 1 aromatic heterocycles. The number of aromatic nitrogens is 1. The van der Waals surface area contributed by atoms with Crippen LogP contribution >= 0.6 is 11.6 Å². The smallest absolute Gasteiger partial charge is 0.251 e. The van der Waals surface area contributed by atoms with Gasteiger partial charge in [-0.2, -0.15) is 0 Å². The number of anilines is 1. The van der Waals surface area contributed by atoms with Gasteiger partial charge in [0.25, 0.3) is 5.91 Å². The number of carbonyl (C=O) groups is 1. The maximum absolute atomic E-state index is 11.9. The molecule has 0 saturated carbocycles. The van der Waals surface area contributed by atoms with Crippen LogP contribution in [0, 0.1) is 0 Å². The molecule has 2 aromatic rings. The summed E-state index contributed by atoms with van der Waals surface area (Å²) >= 11 is 5.80. The largest absolute Gasteiger partial charge is 0.398 e. The van der Waals surface area contributed by atoms with Crippen molar-refractivity contribution in [3.8, 4) is 0 Å². The lowest BCUT2D eigenvalue weighted by molar-refractivity contribution is 0.0954. The molecule has 2 rings (SSSR count). The highest BCUT2D eigenvalue weighted by atomic mass is 35.5. The minimum Gasteiger partial charge on any atom is -0.398 e. The van der Waals surface area contributed by atoms with Gasteiger partial charge in [-0.05, 0) is 30.3 Å². The fourth-order valence-corrected chi connectivity index (χ4v) is 1.75. The maximum Gasteiger partial charge on any atom is 0.251 e. The molecule has 0 spiro atoms. The molecule has 98 valence electrons. The van der Waals surface area contributed by atoms with Gasteiger partial charge in [0.15, 0.2) is 0 Å². The van der Waals surface area contributed by atoms with E-state index in [0.29, 0.717) is 29.2 Å². The highest BCUT2D eigenvalue weighted by Gasteiger charge is 2.07. The highest BCUT2D eigenvalue weighted by molar-refractivity contribution is 6.33. The van der Waals surface area contributed by atoms with E-state index in [1.54, 1.807) is 24.4 Å². The van der Waals surface area contributed by atoms with E-state index in [-0.39, 0.29) is 5.91 Å². The van der Waals surface area contributed by atoms with E-state index in [2.05, 4.69) is 10.3 Å². The Hall–Kier alpha value is -2.07. The molecule has 5 heteroatoms. The second-order valence-corrected chi connectivity index (χ2v) is 4.47. The first-order valence-corrected chi connectivity index (χ1v) is 6.28. The van der Waals surface area contributed by atoms with Gasteiger partial charge in [0.1, 0.15) is 0 Å². The van der Waals surface area contributed by atoms with Crippen molar-refractivity contribution in [3.63, 3.8) is 0 Å². The molecule has 0 atom stereocenters. The standard InChI is InChI=1S/C14H14ClN3O/c15-12-5-4-10(9-13(12)16)14(19)18-8-6-11-3-1-2-7-17-11/h1-5,7,9H,6,8,16H2,(H,18,19). The third-order valence-electron chi connectivity index (χ3n) is 2.65. The van der Waals surface area contributed by atoms with Crippen LogP contribution in [0.15, 0.2) is 42.6 Å². The van der Waals surface area contributed by atoms with Crippen molar-refractivity contribution < 1.29 is 4.79 Å². The van der Waals surface area contributed by atoms with Gasteiger partial charge in [0.2, 0.25) is 0 Å². The summed E-state index contributed by atoms with van der Waals surface area (Å²) in [6.07, 6.45) is 2.42. The first-order valence-electron chi connectivity index (χ1n) is 5.90. The predicted molar refractivity (Wildman–Crippen MR) is 76.1 cm³/mol. The summed E-state index contributed by atoms with van der Waals surface area (Å²) in [5, 5.41) is 3.27. The lowest BCUT2D eigenvalue weighted by atomic mass is 10.2. The third kappa shape index (κ3) is 3.69. The number of nitrogens with one attached hydrogen (secondary N) is 1. The van der Waals surface area contributed by atoms with Crippen LogP contribution in [-0.4, -0.2) is 17.4 Å². The van der Waals surface area contributed by atoms with Gasteiger partial charge in [-0.3, -0.25) is 9.78 Å². The van der Waals surface area contributed by atoms with Gasteiger partial charge in [0.05, 0.1) is 10.7 Å². The average Bonchev–Trinajstić information content (AvgIpc) is 2.43. The minimum absolute atomic E-state index is 0.167. The Bertz CT molecular complexity index is 572. The molecule has 0 aliphatic rings. The summed E-state index contributed by atoms with van der Waals surface area (Å²) in [6, 6.07) is 10.5. The van der Waals surface area contributed by atoms with Crippen molar-refractivity contribution in [2.24, 2.45) is 0 Å². The minimum atomic E-state index is -0.167. The number of amides is 1. The molecule has 0 saturated heterocycles. The van der Waals surface area contributed by atoms with Gasteiger partial charge in [-0.15, -0.1) is 0 Å². The van der Waals surface area contributed by atoms with Crippen molar-refractivity contribution in [2.75, 3.05) is 12.3 Å². The number of benzene rings is 1. The van der Waals surface area contributed by atoms with Crippen LogP contribution in [0.25, 0.3) is 0 Å². The molecule has 0 aliphatic heterocycles. The Morgan fingerprint density at radius 1 is 1.32 bits per heavy atom. The Morgan fingerprint density at radius 3 is 2.84 bits per heavy atom. The van der Waals surface area contributed by atoms with E-state index < -0.39 is 0 Å². The van der Waals surface area contributed by atoms with E-state index >= 15 is 0 Å². The number of nitrogen functional groups attached to an aromatic ring is 1. The van der Waals surface area contributed by atoms with Crippen molar-refractivity contribution in [1.82, 2.24) is 10.3 Å². The molecule has 0 radical (unpaired) electrons. The van der Waals surface area contributed by atoms with Gasteiger partial charge in [-0.25, -0.2) is 0 Å². The van der Waals surface area contributed by atoms with Crippen LogP contribution in [0.5, 0.6) is 0 Å². The van der Waals surface area contributed by atoms with Crippen LogP contribution in [0.4, 0.5) is 5.69 Å². The van der Waals surface area contributed by atoms with Crippen LogP contribution < -0.4 is 11.1 Å². The Morgan fingerprint density at radius 2 is 2.16 bits per heavy atom. The quantitative estimate of drug-likeness (QED) is 0.841. The van der Waals surface area contributed by atoms with Crippen molar-refractivity contribution >= 4 is 23.2 Å². The molecule has 0 bridgehead atoms. The number of halogens is 1. The number of pyridine rings is 1. The summed E-state index contributed by atoms with van der Waals surface area (Å²) in [5.41, 5.74) is 7.50. The fourth-order valence-electron chi connectivity index (χ4n) is 1.64. The van der Waals surface area contributed by atoms with Crippen molar-refractivity contribution in [3.05, 3.63) is 58.9 Å². The van der Waals surface area contributed by atoms with E-state index in [1.165, 1.54) is 0 Å². The second kappa shape index (κ2) is 6.20. The number of hydrogen-bond donors (Lipinski definition) is 2. The predicted octanol–water partition coefficient (Wildman–Crippen LogP) is 2.29. The summed E-state index contributed by atoms with van der Waals surface area (Å²) in [6.45, 7) is 0.526. The number of rotatable bonds is 4. The zero-order valence-electron chi connectivity index (χ0n) is 10.3. The number of nitrogens with two attached hydrogens (primary N) is 1. The normalized spacial score (nSPS) is 10.2. The first-order chi connectivity index (χ1) is 9.16. The van der Waals surface area contributed by atoms with Crippen LogP contribution in [-0.2, 0) is 6.42 Å². The lowest BCUT2D eigenvalue weighted by Crippen LogP contribution is -2.25. The van der Waals surface area contributed by atoms with E-state index in [1.807, 2.05) is 18.2 Å². The fraction of sp³-hybridized carbons (Fsp3) is 0.143. The van der Waals surface area contributed by atoms with E-state index in [4.69, 9.17) is 17.3 Å². The summed E-state index contributed by atoms with van der Waals surface area (Å²) in [7, 11) is 0.